The normalized spacial score (nSPS) is 29.4. The molecule has 2 N–H and O–H groups in total. The summed E-state index contributed by atoms with van der Waals surface area (Å²) < 4.78 is 0. The van der Waals surface area contributed by atoms with Gasteiger partial charge in [-0.05, 0) is 57.5 Å². The predicted molar refractivity (Wildman–Crippen MR) is 69.4 cm³/mol. The molecular formula is C14H28N2. The van der Waals surface area contributed by atoms with E-state index in [-0.39, 0.29) is 0 Å². The molecule has 0 aromatic carbocycles. The lowest BCUT2D eigenvalue weighted by molar-refractivity contribution is 0.0721. The van der Waals surface area contributed by atoms with E-state index in [0.717, 1.165) is 11.8 Å². The smallest absolute Gasteiger partial charge is 0.0218 e. The van der Waals surface area contributed by atoms with E-state index in [9.17, 15) is 0 Å². The van der Waals surface area contributed by atoms with Crippen LogP contribution in [0.15, 0.2) is 0 Å². The van der Waals surface area contributed by atoms with Crippen molar-refractivity contribution in [2.24, 2.45) is 11.1 Å². The van der Waals surface area contributed by atoms with Crippen LogP contribution < -0.4 is 5.73 Å². The molecule has 0 aromatic heterocycles. The van der Waals surface area contributed by atoms with Crippen molar-refractivity contribution in [1.82, 2.24) is 4.90 Å². The summed E-state index contributed by atoms with van der Waals surface area (Å²) >= 11 is 0. The van der Waals surface area contributed by atoms with Gasteiger partial charge in [-0.25, -0.2) is 0 Å². The third-order valence-corrected chi connectivity index (χ3v) is 5.19. The Labute approximate surface area is 101 Å². The van der Waals surface area contributed by atoms with Crippen molar-refractivity contribution >= 4 is 0 Å². The Kier molecular flexibility index (Phi) is 3.91. The lowest BCUT2D eigenvalue weighted by Gasteiger charge is -2.43. The average molecular weight is 224 g/mol. The molecule has 0 amide bonds. The van der Waals surface area contributed by atoms with Crippen LogP contribution >= 0.6 is 0 Å². The van der Waals surface area contributed by atoms with Crippen LogP contribution in [0.2, 0.25) is 0 Å². The number of rotatable bonds is 3. The Morgan fingerprint density at radius 1 is 1.12 bits per heavy atom. The highest BCUT2D eigenvalue weighted by molar-refractivity contribution is 4.92. The van der Waals surface area contributed by atoms with Crippen LogP contribution in [-0.4, -0.2) is 30.1 Å². The molecule has 2 unspecified atom stereocenters. The fourth-order valence-electron chi connectivity index (χ4n) is 3.64. The van der Waals surface area contributed by atoms with E-state index >= 15 is 0 Å². The van der Waals surface area contributed by atoms with E-state index in [1.807, 2.05) is 0 Å². The summed E-state index contributed by atoms with van der Waals surface area (Å²) in [6.45, 7) is 7.08. The molecule has 1 saturated heterocycles. The van der Waals surface area contributed by atoms with E-state index in [0.29, 0.717) is 12.1 Å². The van der Waals surface area contributed by atoms with Gasteiger partial charge in [-0.1, -0.05) is 19.8 Å². The highest BCUT2D eigenvalue weighted by Gasteiger charge is 2.38. The molecule has 2 heteroatoms. The Balaban J connectivity index is 1.84. The van der Waals surface area contributed by atoms with Gasteiger partial charge in [-0.3, -0.25) is 4.90 Å². The van der Waals surface area contributed by atoms with Gasteiger partial charge < -0.3 is 5.73 Å². The average Bonchev–Trinajstić information content (AvgIpc) is 2.77. The van der Waals surface area contributed by atoms with Crippen molar-refractivity contribution in [3.8, 4) is 0 Å². The predicted octanol–water partition coefficient (Wildman–Crippen LogP) is 2.77. The topological polar surface area (TPSA) is 29.3 Å². The van der Waals surface area contributed by atoms with Gasteiger partial charge in [-0.15, -0.1) is 0 Å². The summed E-state index contributed by atoms with van der Waals surface area (Å²) in [5, 5.41) is 0. The van der Waals surface area contributed by atoms with E-state index in [1.54, 1.807) is 0 Å². The van der Waals surface area contributed by atoms with Crippen LogP contribution in [0.4, 0.5) is 0 Å². The first-order chi connectivity index (χ1) is 7.67. The molecule has 1 heterocycles. The number of likely N-dealkylation sites (tertiary alicyclic amines) is 1. The molecule has 0 radical (unpaired) electrons. The Hall–Kier alpha value is -0.0800. The SMILES string of the molecule is CCC(N)C(C)N1CCC2(CCCC2)CC1. The molecule has 16 heavy (non-hydrogen) atoms. The minimum Gasteiger partial charge on any atom is -0.326 e. The zero-order chi connectivity index (χ0) is 11.6. The molecule has 1 aliphatic heterocycles. The maximum Gasteiger partial charge on any atom is 0.0218 e. The van der Waals surface area contributed by atoms with Crippen LogP contribution in [0.5, 0.6) is 0 Å². The quantitative estimate of drug-likeness (QED) is 0.798. The fraction of sp³-hybridized carbons (Fsp3) is 1.00. The third-order valence-electron chi connectivity index (χ3n) is 5.19. The van der Waals surface area contributed by atoms with Gasteiger partial charge in [-0.2, -0.15) is 0 Å². The van der Waals surface area contributed by atoms with Gasteiger partial charge >= 0.3 is 0 Å². The summed E-state index contributed by atoms with van der Waals surface area (Å²) in [5.74, 6) is 0. The maximum absolute atomic E-state index is 6.15. The van der Waals surface area contributed by atoms with Crippen LogP contribution in [-0.2, 0) is 0 Å². The molecule has 0 aromatic rings. The van der Waals surface area contributed by atoms with Crippen LogP contribution in [0.1, 0.15) is 58.8 Å². The lowest BCUT2D eigenvalue weighted by Crippen LogP contribution is -2.50. The van der Waals surface area contributed by atoms with E-state index < -0.39 is 0 Å². The lowest BCUT2D eigenvalue weighted by atomic mass is 9.76. The molecular weight excluding hydrogens is 196 g/mol. The third kappa shape index (κ3) is 2.43. The number of nitrogens with zero attached hydrogens (tertiary/aromatic N) is 1. The first kappa shape index (κ1) is 12.4. The Bertz CT molecular complexity index is 211. The van der Waals surface area contributed by atoms with Crippen molar-refractivity contribution in [1.29, 1.82) is 0 Å². The first-order valence-corrected chi connectivity index (χ1v) is 7.16. The number of hydrogen-bond acceptors (Lipinski definition) is 2. The van der Waals surface area contributed by atoms with Gasteiger partial charge in [0.1, 0.15) is 0 Å². The number of piperidine rings is 1. The standard InChI is InChI=1S/C14H28N2/c1-3-13(15)12(2)16-10-8-14(9-11-16)6-4-5-7-14/h12-13H,3-11,15H2,1-2H3. The van der Waals surface area contributed by atoms with E-state index in [2.05, 4.69) is 18.7 Å². The molecule has 0 bridgehead atoms. The minimum absolute atomic E-state index is 0.359. The van der Waals surface area contributed by atoms with Gasteiger partial charge in [0.05, 0.1) is 0 Å². The van der Waals surface area contributed by atoms with Crippen molar-refractivity contribution in [3.05, 3.63) is 0 Å². The second-order valence-electron chi connectivity index (χ2n) is 6.06. The largest absolute Gasteiger partial charge is 0.326 e. The molecule has 2 rings (SSSR count). The summed E-state index contributed by atoms with van der Waals surface area (Å²) in [6, 6.07) is 0.932. The summed E-state index contributed by atoms with van der Waals surface area (Å²) in [7, 11) is 0. The van der Waals surface area contributed by atoms with Gasteiger partial charge in [0.2, 0.25) is 0 Å². The zero-order valence-corrected chi connectivity index (χ0v) is 11.0. The zero-order valence-electron chi connectivity index (χ0n) is 11.0. The second-order valence-corrected chi connectivity index (χ2v) is 6.06. The van der Waals surface area contributed by atoms with Gasteiger partial charge in [0, 0.05) is 12.1 Å². The van der Waals surface area contributed by atoms with Crippen LogP contribution in [0.25, 0.3) is 0 Å². The molecule has 1 aliphatic carbocycles. The molecule has 2 atom stereocenters. The van der Waals surface area contributed by atoms with E-state index in [1.165, 1.54) is 51.6 Å². The molecule has 2 fully saturated rings. The Morgan fingerprint density at radius 3 is 2.19 bits per heavy atom. The molecule has 94 valence electrons. The van der Waals surface area contributed by atoms with Crippen LogP contribution in [0, 0.1) is 5.41 Å². The van der Waals surface area contributed by atoms with Crippen molar-refractivity contribution in [2.75, 3.05) is 13.1 Å². The fourth-order valence-corrected chi connectivity index (χ4v) is 3.64. The molecule has 1 spiro atoms. The molecule has 2 aliphatic rings. The molecule has 2 nitrogen and oxygen atoms in total. The highest BCUT2D eigenvalue weighted by atomic mass is 15.2. The monoisotopic (exact) mass is 224 g/mol. The second kappa shape index (κ2) is 5.05. The van der Waals surface area contributed by atoms with Crippen molar-refractivity contribution in [3.63, 3.8) is 0 Å². The van der Waals surface area contributed by atoms with Crippen molar-refractivity contribution in [2.45, 2.75) is 70.9 Å². The maximum atomic E-state index is 6.15. The summed E-state index contributed by atoms with van der Waals surface area (Å²) in [5.41, 5.74) is 6.89. The molecule has 1 saturated carbocycles. The van der Waals surface area contributed by atoms with Gasteiger partial charge in [0.25, 0.3) is 0 Å². The highest BCUT2D eigenvalue weighted by Crippen LogP contribution is 2.46. The first-order valence-electron chi connectivity index (χ1n) is 7.16. The van der Waals surface area contributed by atoms with E-state index in [4.69, 9.17) is 5.73 Å². The van der Waals surface area contributed by atoms with Crippen molar-refractivity contribution < 1.29 is 0 Å². The summed E-state index contributed by atoms with van der Waals surface area (Å²) in [4.78, 5) is 2.62. The summed E-state index contributed by atoms with van der Waals surface area (Å²) in [6.07, 6.45) is 9.89. The number of hydrogen-bond donors (Lipinski definition) is 1. The van der Waals surface area contributed by atoms with Crippen LogP contribution in [0.3, 0.4) is 0 Å². The Morgan fingerprint density at radius 2 is 1.69 bits per heavy atom. The van der Waals surface area contributed by atoms with Gasteiger partial charge in [0.15, 0.2) is 0 Å². The number of nitrogens with two attached hydrogens (primary N) is 1. The minimum atomic E-state index is 0.359.